The molecular weight excluding hydrogens is 332 g/mol. The van der Waals surface area contributed by atoms with Gasteiger partial charge < -0.3 is 10.3 Å². The Balaban J connectivity index is 1.97. The smallest absolute Gasteiger partial charge is 0.253 e. The highest BCUT2D eigenvalue weighted by Gasteiger charge is 2.15. The Morgan fingerprint density at radius 1 is 1.30 bits per heavy atom. The van der Waals surface area contributed by atoms with E-state index in [1.165, 1.54) is 11.8 Å². The van der Waals surface area contributed by atoms with Crippen LogP contribution in [0.2, 0.25) is 5.02 Å². The van der Waals surface area contributed by atoms with Crippen molar-refractivity contribution >= 4 is 29.3 Å². The van der Waals surface area contributed by atoms with Gasteiger partial charge in [-0.3, -0.25) is 9.59 Å². The second kappa shape index (κ2) is 7.70. The molecule has 1 atom stereocenters. The lowest BCUT2D eigenvalue weighted by atomic mass is 10.1. The van der Waals surface area contributed by atoms with E-state index in [1.54, 1.807) is 12.1 Å². The lowest BCUT2D eigenvalue weighted by Crippen LogP contribution is -2.33. The first-order valence-corrected chi connectivity index (χ1v) is 8.52. The van der Waals surface area contributed by atoms with E-state index in [0.717, 1.165) is 16.2 Å². The van der Waals surface area contributed by atoms with E-state index in [4.69, 9.17) is 11.6 Å². The summed E-state index contributed by atoms with van der Waals surface area (Å²) in [6.07, 6.45) is 0. The molecule has 23 heavy (non-hydrogen) atoms. The van der Waals surface area contributed by atoms with Crippen LogP contribution in [0.3, 0.4) is 0 Å². The monoisotopic (exact) mass is 350 g/mol. The molecule has 0 radical (unpaired) electrons. The standard InChI is InChI=1S/C17H19ClN2O2S/c1-10-8-11(2)20-17(22)15(10)9-19-16(21)12(3)23-14-6-4-13(18)5-7-14/h4-8,12H,9H2,1-3H3,(H,19,21)(H,20,22)/t12-/m0/s1. The van der Waals surface area contributed by atoms with Gasteiger partial charge in [-0.2, -0.15) is 0 Å². The van der Waals surface area contributed by atoms with Crippen LogP contribution in [0.25, 0.3) is 0 Å². The number of aryl methyl sites for hydroxylation is 2. The number of benzene rings is 1. The number of hydrogen-bond donors (Lipinski definition) is 2. The molecule has 4 nitrogen and oxygen atoms in total. The summed E-state index contributed by atoms with van der Waals surface area (Å²) in [4.78, 5) is 27.9. The van der Waals surface area contributed by atoms with Crippen molar-refractivity contribution in [2.45, 2.75) is 37.5 Å². The van der Waals surface area contributed by atoms with Crippen LogP contribution < -0.4 is 10.9 Å². The molecule has 0 aliphatic heterocycles. The summed E-state index contributed by atoms with van der Waals surface area (Å²) in [7, 11) is 0. The molecule has 2 rings (SSSR count). The average Bonchev–Trinajstić information content (AvgIpc) is 2.48. The van der Waals surface area contributed by atoms with Gasteiger partial charge >= 0.3 is 0 Å². The number of halogens is 1. The Kier molecular flexibility index (Phi) is 5.91. The van der Waals surface area contributed by atoms with Crippen molar-refractivity contribution < 1.29 is 4.79 Å². The van der Waals surface area contributed by atoms with Gasteiger partial charge in [-0.15, -0.1) is 11.8 Å². The zero-order valence-electron chi connectivity index (χ0n) is 13.3. The second-order valence-electron chi connectivity index (χ2n) is 5.37. The van der Waals surface area contributed by atoms with Gasteiger partial charge in [0.15, 0.2) is 0 Å². The van der Waals surface area contributed by atoms with E-state index in [2.05, 4.69) is 10.3 Å². The van der Waals surface area contributed by atoms with Gasteiger partial charge in [0.25, 0.3) is 5.56 Å². The summed E-state index contributed by atoms with van der Waals surface area (Å²) < 4.78 is 0. The average molecular weight is 351 g/mol. The Morgan fingerprint density at radius 2 is 1.96 bits per heavy atom. The number of aromatic nitrogens is 1. The Labute approximate surface area is 144 Å². The highest BCUT2D eigenvalue weighted by Crippen LogP contribution is 2.24. The minimum Gasteiger partial charge on any atom is -0.351 e. The van der Waals surface area contributed by atoms with Crippen molar-refractivity contribution in [3.05, 3.63) is 62.5 Å². The minimum absolute atomic E-state index is 0.107. The number of carbonyl (C=O) groups excluding carboxylic acids is 1. The van der Waals surface area contributed by atoms with E-state index in [-0.39, 0.29) is 23.3 Å². The number of thioether (sulfide) groups is 1. The van der Waals surface area contributed by atoms with Crippen molar-refractivity contribution in [3.63, 3.8) is 0 Å². The van der Waals surface area contributed by atoms with Crippen LogP contribution in [0.5, 0.6) is 0 Å². The summed E-state index contributed by atoms with van der Waals surface area (Å²) in [5.41, 5.74) is 2.13. The van der Waals surface area contributed by atoms with E-state index in [1.807, 2.05) is 39.0 Å². The van der Waals surface area contributed by atoms with Crippen molar-refractivity contribution in [3.8, 4) is 0 Å². The van der Waals surface area contributed by atoms with Crippen molar-refractivity contribution in [1.29, 1.82) is 0 Å². The lowest BCUT2D eigenvalue weighted by molar-refractivity contribution is -0.120. The summed E-state index contributed by atoms with van der Waals surface area (Å²) in [6, 6.07) is 9.25. The van der Waals surface area contributed by atoms with Gasteiger partial charge in [0.1, 0.15) is 0 Å². The summed E-state index contributed by atoms with van der Waals surface area (Å²) in [6.45, 7) is 5.77. The number of carbonyl (C=O) groups is 1. The molecule has 1 aromatic carbocycles. The molecule has 0 unspecified atom stereocenters. The molecule has 0 saturated heterocycles. The van der Waals surface area contributed by atoms with Crippen LogP contribution in [-0.4, -0.2) is 16.1 Å². The number of pyridine rings is 1. The van der Waals surface area contributed by atoms with Gasteiger partial charge in [0.2, 0.25) is 5.91 Å². The van der Waals surface area contributed by atoms with Gasteiger partial charge in [0, 0.05) is 27.7 Å². The molecule has 122 valence electrons. The third-order valence-corrected chi connectivity index (χ3v) is 4.79. The number of rotatable bonds is 5. The van der Waals surface area contributed by atoms with Crippen molar-refractivity contribution in [2.24, 2.45) is 0 Å². The van der Waals surface area contributed by atoms with Gasteiger partial charge in [-0.1, -0.05) is 11.6 Å². The fraction of sp³-hybridized carbons (Fsp3) is 0.294. The quantitative estimate of drug-likeness (QED) is 0.812. The van der Waals surface area contributed by atoms with Crippen LogP contribution in [0, 0.1) is 13.8 Å². The largest absolute Gasteiger partial charge is 0.351 e. The maximum absolute atomic E-state index is 12.2. The predicted molar refractivity (Wildman–Crippen MR) is 95.2 cm³/mol. The van der Waals surface area contributed by atoms with E-state index < -0.39 is 0 Å². The summed E-state index contributed by atoms with van der Waals surface area (Å²) in [5.74, 6) is -0.107. The number of H-pyrrole nitrogens is 1. The Hall–Kier alpha value is -1.72. The molecule has 2 aromatic rings. The first kappa shape index (κ1) is 17.6. The molecule has 0 spiro atoms. The maximum atomic E-state index is 12.2. The van der Waals surface area contributed by atoms with E-state index >= 15 is 0 Å². The number of amides is 1. The second-order valence-corrected chi connectivity index (χ2v) is 7.23. The third-order valence-electron chi connectivity index (χ3n) is 3.43. The van der Waals surface area contributed by atoms with Gasteiger partial charge in [0.05, 0.1) is 5.25 Å². The maximum Gasteiger partial charge on any atom is 0.253 e. The Morgan fingerprint density at radius 3 is 2.57 bits per heavy atom. The molecule has 1 heterocycles. The molecule has 6 heteroatoms. The molecule has 0 saturated carbocycles. The fourth-order valence-corrected chi connectivity index (χ4v) is 3.21. The Bertz CT molecular complexity index is 756. The predicted octanol–water partition coefficient (Wildman–Crippen LogP) is 3.44. The van der Waals surface area contributed by atoms with Crippen LogP contribution >= 0.6 is 23.4 Å². The number of hydrogen-bond acceptors (Lipinski definition) is 3. The molecule has 0 bridgehead atoms. The fourth-order valence-electron chi connectivity index (χ4n) is 2.19. The lowest BCUT2D eigenvalue weighted by Gasteiger charge is -2.13. The number of nitrogens with one attached hydrogen (secondary N) is 2. The highest BCUT2D eigenvalue weighted by atomic mass is 35.5. The first-order valence-electron chi connectivity index (χ1n) is 7.26. The van der Waals surface area contributed by atoms with E-state index in [9.17, 15) is 9.59 Å². The molecule has 2 N–H and O–H groups in total. The molecule has 1 amide bonds. The summed E-state index contributed by atoms with van der Waals surface area (Å²) >= 11 is 7.30. The van der Waals surface area contributed by atoms with Crippen LogP contribution in [-0.2, 0) is 11.3 Å². The van der Waals surface area contributed by atoms with Crippen LogP contribution in [0.1, 0.15) is 23.7 Å². The van der Waals surface area contributed by atoms with Gasteiger partial charge in [-0.25, -0.2) is 0 Å². The normalized spacial score (nSPS) is 12.0. The molecule has 1 aromatic heterocycles. The summed E-state index contributed by atoms with van der Waals surface area (Å²) in [5, 5.41) is 3.23. The van der Waals surface area contributed by atoms with Crippen molar-refractivity contribution in [2.75, 3.05) is 0 Å². The zero-order valence-corrected chi connectivity index (χ0v) is 14.8. The van der Waals surface area contributed by atoms with E-state index in [0.29, 0.717) is 10.6 Å². The van der Waals surface area contributed by atoms with Crippen molar-refractivity contribution in [1.82, 2.24) is 10.3 Å². The first-order chi connectivity index (χ1) is 10.9. The van der Waals surface area contributed by atoms with Crippen LogP contribution in [0.15, 0.2) is 40.0 Å². The SMILES string of the molecule is Cc1cc(C)c(CNC(=O)[C@H](C)Sc2ccc(Cl)cc2)c(=O)[nH]1. The third kappa shape index (κ3) is 4.88. The molecule has 0 fully saturated rings. The minimum atomic E-state index is -0.263. The molecular formula is C17H19ClN2O2S. The van der Waals surface area contributed by atoms with Gasteiger partial charge in [-0.05, 0) is 56.7 Å². The highest BCUT2D eigenvalue weighted by molar-refractivity contribution is 8.00. The number of aromatic amines is 1. The zero-order chi connectivity index (χ0) is 17.0. The molecule has 0 aliphatic carbocycles. The van der Waals surface area contributed by atoms with Crippen LogP contribution in [0.4, 0.5) is 0 Å². The molecule has 0 aliphatic rings. The topological polar surface area (TPSA) is 62.0 Å².